The van der Waals surface area contributed by atoms with Gasteiger partial charge in [-0.2, -0.15) is 0 Å². The average Bonchev–Trinajstić information content (AvgIpc) is 2.48. The van der Waals surface area contributed by atoms with Crippen LogP contribution in [0.1, 0.15) is 22.5 Å². The van der Waals surface area contributed by atoms with Crippen LogP contribution < -0.4 is 0 Å². The highest BCUT2D eigenvalue weighted by Crippen LogP contribution is 2.21. The minimum atomic E-state index is 0.819. The average molecular weight is 194 g/mol. The Hall–Kier alpha value is -1.96. The van der Waals surface area contributed by atoms with Gasteiger partial charge in [-0.25, -0.2) is 0 Å². The van der Waals surface area contributed by atoms with Gasteiger partial charge in [0.1, 0.15) is 0 Å². The van der Waals surface area contributed by atoms with E-state index in [1.54, 1.807) is 0 Å². The smallest absolute Gasteiger partial charge is 0.0535 e. The number of pyridine rings is 2. The molecule has 0 N–H and O–H groups in total. The van der Waals surface area contributed by atoms with Crippen molar-refractivity contribution in [3.05, 3.63) is 59.2 Å². The van der Waals surface area contributed by atoms with Crippen molar-refractivity contribution in [1.29, 1.82) is 0 Å². The predicted molar refractivity (Wildman–Crippen MR) is 60.2 cm³/mol. The Balaban J connectivity index is 2.19. The van der Waals surface area contributed by atoms with Crippen molar-refractivity contribution >= 4 is 12.2 Å². The van der Waals surface area contributed by atoms with E-state index in [0.717, 1.165) is 17.8 Å². The van der Waals surface area contributed by atoms with Crippen molar-refractivity contribution in [2.24, 2.45) is 0 Å². The summed E-state index contributed by atoms with van der Waals surface area (Å²) in [5, 5.41) is 0. The van der Waals surface area contributed by atoms with Gasteiger partial charge in [-0.1, -0.05) is 24.3 Å². The molecule has 0 aromatic carbocycles. The van der Waals surface area contributed by atoms with Crippen molar-refractivity contribution in [3.63, 3.8) is 0 Å². The Morgan fingerprint density at radius 1 is 0.800 bits per heavy atom. The van der Waals surface area contributed by atoms with E-state index in [4.69, 9.17) is 0 Å². The maximum absolute atomic E-state index is 4.39. The van der Waals surface area contributed by atoms with Crippen LogP contribution in [0.15, 0.2) is 36.7 Å². The maximum atomic E-state index is 4.39. The number of fused-ring (bicyclic) bond motifs is 2. The molecular formula is C13H10N2. The number of hydrogen-bond acceptors (Lipinski definition) is 2. The molecule has 72 valence electrons. The standard InChI is InChI=1S/C13H10N2/c1-3-10-5-6-11-4-2-8-15-13(11)9-12(10)14-7-1/h1-8H,9H2. The molecule has 0 aliphatic heterocycles. The number of hydrogen-bond donors (Lipinski definition) is 0. The molecule has 15 heavy (non-hydrogen) atoms. The van der Waals surface area contributed by atoms with Crippen LogP contribution in [-0.4, -0.2) is 9.97 Å². The third-order valence-electron chi connectivity index (χ3n) is 2.63. The zero-order valence-corrected chi connectivity index (χ0v) is 8.22. The fourth-order valence-electron chi connectivity index (χ4n) is 1.84. The van der Waals surface area contributed by atoms with Crippen molar-refractivity contribution in [3.8, 4) is 0 Å². The summed E-state index contributed by atoms with van der Waals surface area (Å²) in [5.74, 6) is 0. The summed E-state index contributed by atoms with van der Waals surface area (Å²) in [6, 6.07) is 8.11. The van der Waals surface area contributed by atoms with Crippen molar-refractivity contribution in [2.45, 2.75) is 6.42 Å². The van der Waals surface area contributed by atoms with Crippen molar-refractivity contribution in [1.82, 2.24) is 9.97 Å². The SMILES string of the molecule is C1=Cc2cccnc2Cc2ncccc21. The first-order valence-corrected chi connectivity index (χ1v) is 4.99. The lowest BCUT2D eigenvalue weighted by Crippen LogP contribution is -1.97. The van der Waals surface area contributed by atoms with E-state index < -0.39 is 0 Å². The van der Waals surface area contributed by atoms with Crippen LogP contribution in [-0.2, 0) is 6.42 Å². The molecule has 0 radical (unpaired) electrons. The Kier molecular flexibility index (Phi) is 1.85. The normalized spacial score (nSPS) is 12.8. The second-order valence-electron chi connectivity index (χ2n) is 3.59. The van der Waals surface area contributed by atoms with Crippen molar-refractivity contribution < 1.29 is 0 Å². The minimum absolute atomic E-state index is 0.819. The Morgan fingerprint density at radius 2 is 1.33 bits per heavy atom. The third-order valence-corrected chi connectivity index (χ3v) is 2.63. The minimum Gasteiger partial charge on any atom is -0.260 e. The highest BCUT2D eigenvalue weighted by Gasteiger charge is 2.09. The molecule has 2 aromatic heterocycles. The zero-order chi connectivity index (χ0) is 10.1. The lowest BCUT2D eigenvalue weighted by Gasteiger charge is -2.02. The lowest BCUT2D eigenvalue weighted by molar-refractivity contribution is 1.01. The molecule has 2 nitrogen and oxygen atoms in total. The molecule has 0 atom stereocenters. The van der Waals surface area contributed by atoms with E-state index in [2.05, 4.69) is 34.3 Å². The molecule has 0 saturated heterocycles. The van der Waals surface area contributed by atoms with Gasteiger partial charge >= 0.3 is 0 Å². The molecule has 3 rings (SSSR count). The summed E-state index contributed by atoms with van der Waals surface area (Å²) in [6.07, 6.45) is 8.70. The first kappa shape index (κ1) is 8.36. The molecule has 0 bridgehead atoms. The van der Waals surface area contributed by atoms with Gasteiger partial charge in [0.05, 0.1) is 11.4 Å². The van der Waals surface area contributed by atoms with Gasteiger partial charge in [0.15, 0.2) is 0 Å². The monoisotopic (exact) mass is 194 g/mol. The third kappa shape index (κ3) is 1.44. The van der Waals surface area contributed by atoms with Gasteiger partial charge in [0.25, 0.3) is 0 Å². The maximum Gasteiger partial charge on any atom is 0.0535 e. The van der Waals surface area contributed by atoms with E-state index in [0.29, 0.717) is 0 Å². The van der Waals surface area contributed by atoms with Crippen LogP contribution in [0.25, 0.3) is 12.2 Å². The second kappa shape index (κ2) is 3.31. The van der Waals surface area contributed by atoms with E-state index in [1.807, 2.05) is 24.5 Å². The Morgan fingerprint density at radius 3 is 1.87 bits per heavy atom. The summed E-state index contributed by atoms with van der Waals surface area (Å²) >= 11 is 0. The van der Waals surface area contributed by atoms with Crippen LogP contribution in [0.4, 0.5) is 0 Å². The van der Waals surface area contributed by atoms with Crippen LogP contribution >= 0.6 is 0 Å². The fraction of sp³-hybridized carbons (Fsp3) is 0.0769. The molecule has 0 amide bonds. The lowest BCUT2D eigenvalue weighted by atomic mass is 10.1. The quantitative estimate of drug-likeness (QED) is 0.549. The van der Waals surface area contributed by atoms with Crippen LogP contribution in [0.5, 0.6) is 0 Å². The Bertz CT molecular complexity index is 482. The molecule has 0 fully saturated rings. The molecule has 0 unspecified atom stereocenters. The van der Waals surface area contributed by atoms with Crippen molar-refractivity contribution in [2.75, 3.05) is 0 Å². The molecule has 2 heteroatoms. The summed E-state index contributed by atoms with van der Waals surface area (Å²) < 4.78 is 0. The van der Waals surface area contributed by atoms with Gasteiger partial charge in [-0.3, -0.25) is 9.97 Å². The first-order valence-electron chi connectivity index (χ1n) is 4.99. The molecule has 0 saturated carbocycles. The number of aromatic nitrogens is 2. The Labute approximate surface area is 88.3 Å². The highest BCUT2D eigenvalue weighted by atomic mass is 14.7. The number of nitrogens with zero attached hydrogens (tertiary/aromatic N) is 2. The number of rotatable bonds is 0. The van der Waals surface area contributed by atoms with E-state index in [1.165, 1.54) is 11.1 Å². The van der Waals surface area contributed by atoms with Crippen LogP contribution in [0, 0.1) is 0 Å². The largest absolute Gasteiger partial charge is 0.260 e. The van der Waals surface area contributed by atoms with Gasteiger partial charge in [0, 0.05) is 18.8 Å². The molecule has 1 aliphatic rings. The molecule has 1 aliphatic carbocycles. The van der Waals surface area contributed by atoms with E-state index in [9.17, 15) is 0 Å². The highest BCUT2D eigenvalue weighted by molar-refractivity contribution is 5.73. The fourth-order valence-corrected chi connectivity index (χ4v) is 1.84. The summed E-state index contributed by atoms with van der Waals surface area (Å²) in [6.45, 7) is 0. The van der Waals surface area contributed by atoms with E-state index >= 15 is 0 Å². The van der Waals surface area contributed by atoms with Gasteiger partial charge < -0.3 is 0 Å². The summed E-state index contributed by atoms with van der Waals surface area (Å²) in [7, 11) is 0. The molecule has 2 aromatic rings. The molecule has 2 heterocycles. The molecule has 0 spiro atoms. The second-order valence-corrected chi connectivity index (χ2v) is 3.59. The molecular weight excluding hydrogens is 184 g/mol. The van der Waals surface area contributed by atoms with Crippen LogP contribution in [0.3, 0.4) is 0 Å². The predicted octanol–water partition coefficient (Wildman–Crippen LogP) is 2.55. The zero-order valence-electron chi connectivity index (χ0n) is 8.22. The van der Waals surface area contributed by atoms with Gasteiger partial charge in [-0.15, -0.1) is 0 Å². The van der Waals surface area contributed by atoms with Crippen LogP contribution in [0.2, 0.25) is 0 Å². The van der Waals surface area contributed by atoms with Gasteiger partial charge in [0.2, 0.25) is 0 Å². The summed E-state index contributed by atoms with van der Waals surface area (Å²) in [4.78, 5) is 8.77. The summed E-state index contributed by atoms with van der Waals surface area (Å²) in [5.41, 5.74) is 4.59. The first-order chi connectivity index (χ1) is 7.43. The van der Waals surface area contributed by atoms with E-state index in [-0.39, 0.29) is 0 Å². The topological polar surface area (TPSA) is 25.8 Å². The van der Waals surface area contributed by atoms with Gasteiger partial charge in [-0.05, 0) is 23.3 Å².